The standard InChI is InChI=1S/C15H12FN3O3/c1-19-7-9-4-8(6-17-14(9)18-15(19)22)13(21)11-5-10(16)2-3-12(11)20/h2-6,20H,7H2,1H3,(H,17,18,22). The SMILES string of the molecule is CN1Cc2cc(C(=O)c3cc(F)ccc3O)cnc2NC1=O. The molecule has 7 heteroatoms. The highest BCUT2D eigenvalue weighted by Crippen LogP contribution is 2.25. The second-order valence-corrected chi connectivity index (χ2v) is 5.01. The summed E-state index contributed by atoms with van der Waals surface area (Å²) in [7, 11) is 1.62. The van der Waals surface area contributed by atoms with Crippen molar-refractivity contribution in [1.29, 1.82) is 0 Å². The van der Waals surface area contributed by atoms with E-state index in [0.29, 0.717) is 17.9 Å². The Bertz CT molecular complexity index is 792. The van der Waals surface area contributed by atoms with Crippen molar-refractivity contribution in [2.75, 3.05) is 12.4 Å². The quantitative estimate of drug-likeness (QED) is 0.833. The lowest BCUT2D eigenvalue weighted by molar-refractivity contribution is 0.103. The summed E-state index contributed by atoms with van der Waals surface area (Å²) in [6, 6.07) is 4.47. The van der Waals surface area contributed by atoms with Crippen molar-refractivity contribution >= 4 is 17.6 Å². The first-order valence-electron chi connectivity index (χ1n) is 6.50. The lowest BCUT2D eigenvalue weighted by atomic mass is 10.0. The van der Waals surface area contributed by atoms with Crippen LogP contribution in [0.3, 0.4) is 0 Å². The second kappa shape index (κ2) is 5.10. The van der Waals surface area contributed by atoms with Crippen LogP contribution in [0.4, 0.5) is 15.0 Å². The summed E-state index contributed by atoms with van der Waals surface area (Å²) in [6.07, 6.45) is 1.29. The predicted octanol–water partition coefficient (Wildman–Crippen LogP) is 2.13. The highest BCUT2D eigenvalue weighted by Gasteiger charge is 2.23. The molecule has 0 atom stereocenters. The van der Waals surface area contributed by atoms with E-state index in [1.54, 1.807) is 13.1 Å². The number of nitrogens with one attached hydrogen (secondary N) is 1. The summed E-state index contributed by atoms with van der Waals surface area (Å²) in [5, 5.41) is 12.3. The molecule has 0 unspecified atom stereocenters. The molecule has 0 aliphatic carbocycles. The number of pyridine rings is 1. The van der Waals surface area contributed by atoms with Gasteiger partial charge in [-0.3, -0.25) is 10.1 Å². The number of hydrogen-bond acceptors (Lipinski definition) is 4. The van der Waals surface area contributed by atoms with Crippen molar-refractivity contribution in [3.05, 3.63) is 53.0 Å². The number of nitrogens with zero attached hydrogens (tertiary/aromatic N) is 2. The Morgan fingerprint density at radius 3 is 2.95 bits per heavy atom. The third-order valence-corrected chi connectivity index (χ3v) is 3.41. The third-order valence-electron chi connectivity index (χ3n) is 3.41. The molecule has 2 N–H and O–H groups in total. The van der Waals surface area contributed by atoms with E-state index >= 15 is 0 Å². The molecule has 0 radical (unpaired) electrons. The van der Waals surface area contributed by atoms with Crippen molar-refractivity contribution in [3.63, 3.8) is 0 Å². The number of amides is 2. The van der Waals surface area contributed by atoms with Gasteiger partial charge < -0.3 is 10.0 Å². The molecule has 0 bridgehead atoms. The number of urea groups is 1. The Morgan fingerprint density at radius 1 is 1.41 bits per heavy atom. The van der Waals surface area contributed by atoms with Crippen LogP contribution < -0.4 is 5.32 Å². The number of rotatable bonds is 2. The van der Waals surface area contributed by atoms with Crippen molar-refractivity contribution < 1.29 is 19.1 Å². The van der Waals surface area contributed by atoms with Gasteiger partial charge in [0.25, 0.3) is 0 Å². The molecular formula is C15H12FN3O3. The average Bonchev–Trinajstić information content (AvgIpc) is 2.50. The highest BCUT2D eigenvalue weighted by molar-refractivity contribution is 6.10. The molecule has 3 rings (SSSR count). The van der Waals surface area contributed by atoms with E-state index in [0.717, 1.165) is 18.2 Å². The van der Waals surface area contributed by atoms with Gasteiger partial charge in [0.05, 0.1) is 12.1 Å². The zero-order valence-electron chi connectivity index (χ0n) is 11.6. The molecule has 2 aromatic rings. The van der Waals surface area contributed by atoms with Crippen LogP contribution in [0.15, 0.2) is 30.5 Å². The smallest absolute Gasteiger partial charge is 0.323 e. The van der Waals surface area contributed by atoms with Crippen LogP contribution in [0.1, 0.15) is 21.5 Å². The Morgan fingerprint density at radius 2 is 2.18 bits per heavy atom. The van der Waals surface area contributed by atoms with E-state index in [4.69, 9.17) is 0 Å². The minimum Gasteiger partial charge on any atom is -0.507 e. The van der Waals surface area contributed by atoms with E-state index < -0.39 is 11.6 Å². The van der Waals surface area contributed by atoms with Gasteiger partial charge in [-0.2, -0.15) is 0 Å². The molecular weight excluding hydrogens is 289 g/mol. The van der Waals surface area contributed by atoms with E-state index in [9.17, 15) is 19.1 Å². The Kier molecular flexibility index (Phi) is 3.25. The largest absolute Gasteiger partial charge is 0.507 e. The Hall–Kier alpha value is -2.96. The van der Waals surface area contributed by atoms with Crippen molar-refractivity contribution in [2.24, 2.45) is 0 Å². The van der Waals surface area contributed by atoms with E-state index in [2.05, 4.69) is 10.3 Å². The highest BCUT2D eigenvalue weighted by atomic mass is 19.1. The first-order chi connectivity index (χ1) is 10.5. The van der Waals surface area contributed by atoms with Crippen LogP contribution in [0.25, 0.3) is 0 Å². The third kappa shape index (κ3) is 2.37. The van der Waals surface area contributed by atoms with E-state index in [1.807, 2.05) is 0 Å². The first kappa shape index (κ1) is 14.0. The molecule has 2 heterocycles. The minimum atomic E-state index is -0.612. The van der Waals surface area contributed by atoms with Crippen molar-refractivity contribution in [1.82, 2.24) is 9.88 Å². The maximum Gasteiger partial charge on any atom is 0.323 e. The fourth-order valence-corrected chi connectivity index (χ4v) is 2.24. The van der Waals surface area contributed by atoms with Crippen LogP contribution >= 0.6 is 0 Å². The van der Waals surface area contributed by atoms with Crippen molar-refractivity contribution in [3.8, 4) is 5.75 Å². The van der Waals surface area contributed by atoms with Gasteiger partial charge in [-0.1, -0.05) is 0 Å². The summed E-state index contributed by atoms with van der Waals surface area (Å²) in [5.74, 6) is -1.05. The molecule has 0 saturated carbocycles. The molecule has 112 valence electrons. The van der Waals surface area contributed by atoms with Gasteiger partial charge in [0.1, 0.15) is 17.4 Å². The number of phenolic OH excluding ortho intramolecular Hbond substituents is 1. The summed E-state index contributed by atoms with van der Waals surface area (Å²) in [5.41, 5.74) is 0.753. The number of fused-ring (bicyclic) bond motifs is 1. The second-order valence-electron chi connectivity index (χ2n) is 5.01. The normalized spacial score (nSPS) is 13.5. The summed E-state index contributed by atoms with van der Waals surface area (Å²) in [4.78, 5) is 29.4. The monoisotopic (exact) mass is 301 g/mol. The van der Waals surface area contributed by atoms with Crippen molar-refractivity contribution in [2.45, 2.75) is 6.54 Å². The van der Waals surface area contributed by atoms with Gasteiger partial charge in [-0.15, -0.1) is 0 Å². The van der Waals surface area contributed by atoms with E-state index in [-0.39, 0.29) is 22.9 Å². The number of benzene rings is 1. The number of hydrogen-bond donors (Lipinski definition) is 2. The average molecular weight is 301 g/mol. The van der Waals surface area contributed by atoms with Gasteiger partial charge in [0.15, 0.2) is 5.78 Å². The fraction of sp³-hybridized carbons (Fsp3) is 0.133. The molecule has 0 saturated heterocycles. The van der Waals surface area contributed by atoms with Crippen LogP contribution in [0.2, 0.25) is 0 Å². The number of phenols is 1. The summed E-state index contributed by atoms with van der Waals surface area (Å²) >= 11 is 0. The first-order valence-corrected chi connectivity index (χ1v) is 6.50. The van der Waals surface area contributed by atoms with Crippen LogP contribution in [-0.4, -0.2) is 33.9 Å². The summed E-state index contributed by atoms with van der Waals surface area (Å²) in [6.45, 7) is 0.310. The Labute approximate surface area is 125 Å². The van der Waals surface area contributed by atoms with Gasteiger partial charge in [-0.25, -0.2) is 14.2 Å². The summed E-state index contributed by atoms with van der Waals surface area (Å²) < 4.78 is 13.3. The van der Waals surface area contributed by atoms with Gasteiger partial charge >= 0.3 is 6.03 Å². The maximum atomic E-state index is 13.3. The molecule has 6 nitrogen and oxygen atoms in total. The predicted molar refractivity (Wildman–Crippen MR) is 76.2 cm³/mol. The van der Waals surface area contributed by atoms with Crippen LogP contribution in [0, 0.1) is 5.82 Å². The van der Waals surface area contributed by atoms with Gasteiger partial charge in [0.2, 0.25) is 0 Å². The maximum absolute atomic E-state index is 13.3. The number of anilines is 1. The van der Waals surface area contributed by atoms with Gasteiger partial charge in [0, 0.05) is 24.4 Å². The lowest BCUT2D eigenvalue weighted by Crippen LogP contribution is -2.36. The number of halogens is 1. The zero-order valence-corrected chi connectivity index (χ0v) is 11.6. The number of aromatic hydroxyl groups is 1. The lowest BCUT2D eigenvalue weighted by Gasteiger charge is -2.25. The minimum absolute atomic E-state index is 0.130. The number of carbonyl (C=O) groups excluding carboxylic acids is 2. The van der Waals surface area contributed by atoms with Crippen LogP contribution in [0.5, 0.6) is 5.75 Å². The molecule has 22 heavy (non-hydrogen) atoms. The molecule has 1 aromatic carbocycles. The number of ketones is 1. The molecule has 0 fully saturated rings. The van der Waals surface area contributed by atoms with Crippen LogP contribution in [-0.2, 0) is 6.54 Å². The zero-order chi connectivity index (χ0) is 15.9. The molecule has 0 spiro atoms. The molecule has 2 amide bonds. The molecule has 1 aromatic heterocycles. The molecule has 1 aliphatic heterocycles. The van der Waals surface area contributed by atoms with Gasteiger partial charge in [-0.05, 0) is 24.3 Å². The van der Waals surface area contributed by atoms with E-state index in [1.165, 1.54) is 11.1 Å². The number of carbonyl (C=O) groups is 2. The molecule has 1 aliphatic rings. The fourth-order valence-electron chi connectivity index (χ4n) is 2.24. The topological polar surface area (TPSA) is 82.5 Å². The number of aromatic nitrogens is 1. The Balaban J connectivity index is 1.99.